The first kappa shape index (κ1) is 25.0. The molecule has 6 nitrogen and oxygen atoms in total. The SMILES string of the molecule is CCC(CC)(c1ccccc1-c1ccccc1C(CC)(CC)P(=O)(O)O)P(=O)(O)O. The highest BCUT2D eigenvalue weighted by molar-refractivity contribution is 7.53. The van der Waals surface area contributed by atoms with E-state index in [1.165, 1.54) is 0 Å². The number of rotatable bonds is 9. The van der Waals surface area contributed by atoms with E-state index in [1.54, 1.807) is 76.2 Å². The average Bonchev–Trinajstić information content (AvgIpc) is 2.69. The fourth-order valence-electron chi connectivity index (χ4n) is 4.65. The third-order valence-corrected chi connectivity index (χ3v) is 10.6. The molecule has 0 atom stereocenters. The van der Waals surface area contributed by atoms with Gasteiger partial charge in [0.15, 0.2) is 0 Å². The standard InChI is InChI=1S/C22H32O6P2/c1-5-21(6-2,29(23,24)25)19-15-11-9-13-17(19)18-14-10-12-16-20(18)22(7-3,8-4)30(26,27)28/h9-16H,5-8H2,1-4H3,(H2,23,24,25)(H2,26,27,28). The second kappa shape index (κ2) is 9.08. The zero-order valence-corrected chi connectivity index (χ0v) is 19.7. The molecule has 0 heterocycles. The quantitative estimate of drug-likeness (QED) is 0.359. The third-order valence-electron chi connectivity index (χ3n) is 6.60. The Bertz CT molecular complexity index is 888. The summed E-state index contributed by atoms with van der Waals surface area (Å²) in [6, 6.07) is 14.0. The van der Waals surface area contributed by atoms with E-state index in [1.807, 2.05) is 0 Å². The van der Waals surface area contributed by atoms with E-state index in [9.17, 15) is 28.7 Å². The largest absolute Gasteiger partial charge is 0.335 e. The van der Waals surface area contributed by atoms with E-state index in [0.717, 1.165) is 0 Å². The summed E-state index contributed by atoms with van der Waals surface area (Å²) in [6.45, 7) is 7.01. The van der Waals surface area contributed by atoms with Gasteiger partial charge >= 0.3 is 15.2 Å². The number of benzene rings is 2. The van der Waals surface area contributed by atoms with Crippen molar-refractivity contribution >= 4 is 15.2 Å². The van der Waals surface area contributed by atoms with Crippen molar-refractivity contribution in [1.82, 2.24) is 0 Å². The minimum atomic E-state index is -4.53. The Morgan fingerprint density at radius 1 is 0.600 bits per heavy atom. The van der Waals surface area contributed by atoms with Gasteiger partial charge in [0, 0.05) is 0 Å². The molecule has 0 aliphatic rings. The molecule has 2 rings (SSSR count). The molecule has 0 saturated carbocycles. The molecular weight excluding hydrogens is 422 g/mol. The van der Waals surface area contributed by atoms with Crippen LogP contribution in [0.1, 0.15) is 64.5 Å². The van der Waals surface area contributed by atoms with Gasteiger partial charge in [-0.15, -0.1) is 0 Å². The van der Waals surface area contributed by atoms with Gasteiger partial charge in [0.1, 0.15) is 0 Å². The van der Waals surface area contributed by atoms with Crippen LogP contribution in [0.3, 0.4) is 0 Å². The summed E-state index contributed by atoms with van der Waals surface area (Å²) in [7, 11) is -9.06. The van der Waals surface area contributed by atoms with Crippen molar-refractivity contribution in [2.24, 2.45) is 0 Å². The zero-order chi connectivity index (χ0) is 22.8. The Labute approximate surface area is 178 Å². The Morgan fingerprint density at radius 3 is 1.10 bits per heavy atom. The summed E-state index contributed by atoms with van der Waals surface area (Å²) in [6.07, 6.45) is 0.937. The van der Waals surface area contributed by atoms with Crippen molar-refractivity contribution in [3.63, 3.8) is 0 Å². The van der Waals surface area contributed by atoms with Crippen LogP contribution in [0.25, 0.3) is 11.1 Å². The molecule has 0 fully saturated rings. The Balaban J connectivity index is 2.95. The van der Waals surface area contributed by atoms with Crippen LogP contribution in [0.15, 0.2) is 48.5 Å². The lowest BCUT2D eigenvalue weighted by atomic mass is 9.81. The molecule has 0 amide bonds. The van der Waals surface area contributed by atoms with Crippen molar-refractivity contribution in [2.45, 2.75) is 63.7 Å². The smallest absolute Gasteiger partial charge is 0.324 e. The zero-order valence-electron chi connectivity index (χ0n) is 17.9. The summed E-state index contributed by atoms with van der Waals surface area (Å²) in [4.78, 5) is 41.2. The normalized spacial score (nSPS) is 13.5. The van der Waals surface area contributed by atoms with Crippen molar-refractivity contribution in [2.75, 3.05) is 0 Å². The molecule has 0 unspecified atom stereocenters. The fraction of sp³-hybridized carbons (Fsp3) is 0.455. The number of hydrogen-bond acceptors (Lipinski definition) is 2. The van der Waals surface area contributed by atoms with Gasteiger partial charge in [0.2, 0.25) is 0 Å². The van der Waals surface area contributed by atoms with Crippen LogP contribution < -0.4 is 0 Å². The summed E-state index contributed by atoms with van der Waals surface area (Å²) in [5, 5.41) is -2.75. The van der Waals surface area contributed by atoms with Crippen LogP contribution in [0.2, 0.25) is 0 Å². The lowest BCUT2D eigenvalue weighted by Gasteiger charge is -2.37. The molecule has 0 saturated heterocycles. The Morgan fingerprint density at radius 2 is 0.867 bits per heavy atom. The monoisotopic (exact) mass is 454 g/mol. The number of hydrogen-bond donors (Lipinski definition) is 4. The van der Waals surface area contributed by atoms with Gasteiger partial charge < -0.3 is 19.6 Å². The van der Waals surface area contributed by atoms with Crippen molar-refractivity contribution in [3.8, 4) is 11.1 Å². The highest BCUT2D eigenvalue weighted by atomic mass is 31.2. The molecule has 166 valence electrons. The van der Waals surface area contributed by atoms with E-state index in [-0.39, 0.29) is 25.7 Å². The van der Waals surface area contributed by atoms with E-state index in [2.05, 4.69) is 0 Å². The topological polar surface area (TPSA) is 115 Å². The maximum atomic E-state index is 12.6. The summed E-state index contributed by atoms with van der Waals surface area (Å²) >= 11 is 0. The maximum absolute atomic E-state index is 12.6. The first-order valence-electron chi connectivity index (χ1n) is 10.3. The highest BCUT2D eigenvalue weighted by Gasteiger charge is 2.49. The summed E-state index contributed by atoms with van der Waals surface area (Å²) in [5.41, 5.74) is 2.20. The lowest BCUT2D eigenvalue weighted by Crippen LogP contribution is -2.27. The van der Waals surface area contributed by atoms with Crippen molar-refractivity contribution in [1.29, 1.82) is 0 Å². The van der Waals surface area contributed by atoms with Gasteiger partial charge in [-0.3, -0.25) is 9.13 Å². The molecule has 2 aromatic carbocycles. The first-order valence-corrected chi connectivity index (χ1v) is 13.5. The van der Waals surface area contributed by atoms with E-state index in [0.29, 0.717) is 22.3 Å². The molecule has 30 heavy (non-hydrogen) atoms. The molecule has 0 spiro atoms. The van der Waals surface area contributed by atoms with E-state index in [4.69, 9.17) is 0 Å². The fourth-order valence-corrected chi connectivity index (χ4v) is 7.31. The molecule has 8 heteroatoms. The minimum Gasteiger partial charge on any atom is -0.324 e. The van der Waals surface area contributed by atoms with Crippen LogP contribution in [0.5, 0.6) is 0 Å². The Hall–Kier alpha value is -1.26. The van der Waals surface area contributed by atoms with Crippen LogP contribution in [-0.4, -0.2) is 19.6 Å². The molecule has 2 aromatic rings. The second-order valence-corrected chi connectivity index (χ2v) is 11.5. The molecule has 0 aliphatic carbocycles. The van der Waals surface area contributed by atoms with Gasteiger partial charge in [-0.05, 0) is 47.9 Å². The molecule has 0 radical (unpaired) electrons. The molecule has 4 N–H and O–H groups in total. The van der Waals surface area contributed by atoms with Crippen molar-refractivity contribution in [3.05, 3.63) is 59.7 Å². The van der Waals surface area contributed by atoms with Crippen LogP contribution in [0.4, 0.5) is 0 Å². The van der Waals surface area contributed by atoms with E-state index >= 15 is 0 Å². The first-order chi connectivity index (χ1) is 14.0. The molecule has 0 bridgehead atoms. The van der Waals surface area contributed by atoms with E-state index < -0.39 is 25.5 Å². The predicted molar refractivity (Wildman–Crippen MR) is 120 cm³/mol. The summed E-state index contributed by atoms with van der Waals surface area (Å²) in [5.74, 6) is 0. The van der Waals surface area contributed by atoms with Gasteiger partial charge in [-0.25, -0.2) is 0 Å². The molecular formula is C22H32O6P2. The van der Waals surface area contributed by atoms with Crippen LogP contribution in [-0.2, 0) is 19.4 Å². The third kappa shape index (κ3) is 3.98. The van der Waals surface area contributed by atoms with Crippen LogP contribution >= 0.6 is 15.2 Å². The highest BCUT2D eigenvalue weighted by Crippen LogP contribution is 2.65. The van der Waals surface area contributed by atoms with Crippen LogP contribution in [0, 0.1) is 0 Å². The second-order valence-electron chi connectivity index (χ2n) is 7.66. The molecule has 0 aromatic heterocycles. The lowest BCUT2D eigenvalue weighted by molar-refractivity contribution is 0.313. The van der Waals surface area contributed by atoms with Crippen molar-refractivity contribution < 1.29 is 28.7 Å². The minimum absolute atomic E-state index is 0.234. The average molecular weight is 454 g/mol. The Kier molecular flexibility index (Phi) is 7.57. The van der Waals surface area contributed by atoms with Gasteiger partial charge in [-0.1, -0.05) is 76.2 Å². The summed E-state index contributed by atoms with van der Waals surface area (Å²) < 4.78 is 25.2. The van der Waals surface area contributed by atoms with Gasteiger partial charge in [-0.2, -0.15) is 0 Å². The predicted octanol–water partition coefficient (Wildman–Crippen LogP) is 5.74. The maximum Gasteiger partial charge on any atom is 0.335 e. The molecule has 0 aliphatic heterocycles. The van der Waals surface area contributed by atoms with Gasteiger partial charge in [0.05, 0.1) is 10.3 Å². The van der Waals surface area contributed by atoms with Gasteiger partial charge in [0.25, 0.3) is 0 Å².